The second-order valence-corrected chi connectivity index (χ2v) is 7.04. The van der Waals surface area contributed by atoms with Crippen LogP contribution in [-0.4, -0.2) is 36.9 Å². The first kappa shape index (κ1) is 22.3. The molecule has 3 aromatic heterocycles. The summed E-state index contributed by atoms with van der Waals surface area (Å²) in [6.07, 6.45) is 5.57. The number of anilines is 1. The first-order valence-corrected chi connectivity index (χ1v) is 10.0. The largest absolute Gasteiger partial charge is 0.396 e. The summed E-state index contributed by atoms with van der Waals surface area (Å²) in [4.78, 5) is 36.6. The molecular weight excluding hydrogens is 443 g/mol. The molecule has 0 fully saturated rings. The number of halogens is 1. The van der Waals surface area contributed by atoms with Gasteiger partial charge >= 0.3 is 0 Å². The molecule has 0 saturated heterocycles. The minimum absolute atomic E-state index is 0.0495. The zero-order chi connectivity index (χ0) is 23.9. The van der Waals surface area contributed by atoms with E-state index in [-0.39, 0.29) is 47.2 Å². The van der Waals surface area contributed by atoms with E-state index in [1.165, 1.54) is 36.9 Å². The van der Waals surface area contributed by atoms with Gasteiger partial charge in [-0.1, -0.05) is 23.4 Å². The fourth-order valence-corrected chi connectivity index (χ4v) is 2.95. The maximum absolute atomic E-state index is 14.0. The molecule has 0 bridgehead atoms. The fourth-order valence-electron chi connectivity index (χ4n) is 2.95. The predicted octanol–water partition coefficient (Wildman–Crippen LogP) is 1.79. The average Bonchev–Trinajstić information content (AvgIpc) is 3.50. The van der Waals surface area contributed by atoms with Gasteiger partial charge in [0.15, 0.2) is 5.82 Å². The molecule has 1 amide bonds. The van der Waals surface area contributed by atoms with Gasteiger partial charge in [0, 0.05) is 29.6 Å². The van der Waals surface area contributed by atoms with Gasteiger partial charge in [-0.25, -0.2) is 14.4 Å². The number of nitrogens with zero attached hydrogens (tertiary/aromatic N) is 4. The van der Waals surface area contributed by atoms with Crippen molar-refractivity contribution in [2.24, 2.45) is 10.7 Å². The number of nitrogens with one attached hydrogen (secondary N) is 3. The number of amides is 1. The van der Waals surface area contributed by atoms with Crippen molar-refractivity contribution < 1.29 is 13.7 Å². The summed E-state index contributed by atoms with van der Waals surface area (Å²) < 4.78 is 18.9. The first-order chi connectivity index (χ1) is 16.5. The van der Waals surface area contributed by atoms with Gasteiger partial charge < -0.3 is 20.7 Å². The van der Waals surface area contributed by atoms with E-state index in [0.717, 1.165) is 0 Å². The van der Waals surface area contributed by atoms with Crippen LogP contribution in [0.5, 0.6) is 0 Å². The van der Waals surface area contributed by atoms with Crippen LogP contribution in [0, 0.1) is 5.82 Å². The Hall–Kier alpha value is -4.87. The first-order valence-electron chi connectivity index (χ1n) is 10.0. The molecule has 1 aromatic carbocycles. The SMILES string of the molecule is NC(=CC(=NCc1ccccc1F)c1ccon1)c1nccc(NC(=O)Cc2c[nH][nH]c2=O)n1. The van der Waals surface area contributed by atoms with Gasteiger partial charge in [0.2, 0.25) is 5.91 Å². The predicted molar refractivity (Wildman–Crippen MR) is 121 cm³/mol. The second kappa shape index (κ2) is 10.2. The van der Waals surface area contributed by atoms with Crippen LogP contribution in [0.4, 0.5) is 10.2 Å². The van der Waals surface area contributed by atoms with Crippen molar-refractivity contribution in [1.29, 1.82) is 0 Å². The Balaban J connectivity index is 1.54. The number of allylic oxidation sites excluding steroid dienone is 1. The number of hydrogen-bond acceptors (Lipinski definition) is 8. The summed E-state index contributed by atoms with van der Waals surface area (Å²) >= 11 is 0. The van der Waals surface area contributed by atoms with Crippen LogP contribution >= 0.6 is 0 Å². The Bertz CT molecular complexity index is 1410. The molecule has 34 heavy (non-hydrogen) atoms. The zero-order valence-electron chi connectivity index (χ0n) is 17.7. The van der Waals surface area contributed by atoms with E-state index in [2.05, 4.69) is 35.6 Å². The highest BCUT2D eigenvalue weighted by Crippen LogP contribution is 2.13. The number of nitrogens with two attached hydrogens (primary N) is 1. The van der Waals surface area contributed by atoms with E-state index in [1.54, 1.807) is 24.3 Å². The number of carbonyl (C=O) groups is 1. The van der Waals surface area contributed by atoms with Crippen molar-refractivity contribution in [2.75, 3.05) is 5.32 Å². The molecule has 0 unspecified atom stereocenters. The summed E-state index contributed by atoms with van der Waals surface area (Å²) in [6, 6.07) is 9.37. The number of aromatic amines is 2. The van der Waals surface area contributed by atoms with Gasteiger partial charge in [0.05, 0.1) is 24.4 Å². The zero-order valence-corrected chi connectivity index (χ0v) is 17.7. The van der Waals surface area contributed by atoms with Crippen LogP contribution in [0.2, 0.25) is 0 Å². The van der Waals surface area contributed by atoms with Crippen molar-refractivity contribution in [2.45, 2.75) is 13.0 Å². The quantitative estimate of drug-likeness (QED) is 0.289. The topological polar surface area (TPSA) is 168 Å². The average molecular weight is 462 g/mol. The summed E-state index contributed by atoms with van der Waals surface area (Å²) in [7, 11) is 0. The van der Waals surface area contributed by atoms with Gasteiger partial charge in [0.25, 0.3) is 5.56 Å². The number of aromatic nitrogens is 5. The summed E-state index contributed by atoms with van der Waals surface area (Å²) in [6.45, 7) is 0.0495. The second-order valence-electron chi connectivity index (χ2n) is 7.04. The Morgan fingerprint density at radius 3 is 2.82 bits per heavy atom. The van der Waals surface area contributed by atoms with Crippen LogP contribution in [0.1, 0.15) is 22.6 Å². The highest BCUT2D eigenvalue weighted by Gasteiger charge is 2.12. The smallest absolute Gasteiger partial charge is 0.267 e. The standard InChI is InChI=1S/C22H19FN8O3/c23-15-4-2-1-3-13(15)11-26-18(17-6-8-34-31-17)10-16(24)21-25-7-5-19(29-21)28-20(32)9-14-12-27-30-22(14)33/h1-8,10,12H,9,11,24H2,(H2,27,30,33)(H,25,28,29,32). The number of carbonyl (C=O) groups excluding carboxylic acids is 1. The molecule has 4 rings (SSSR count). The third-order valence-electron chi connectivity index (χ3n) is 4.63. The van der Waals surface area contributed by atoms with E-state index in [4.69, 9.17) is 10.3 Å². The van der Waals surface area contributed by atoms with Crippen LogP contribution in [0.3, 0.4) is 0 Å². The van der Waals surface area contributed by atoms with Crippen molar-refractivity contribution in [3.05, 3.63) is 99.9 Å². The minimum Gasteiger partial charge on any atom is -0.396 e. The van der Waals surface area contributed by atoms with Gasteiger partial charge in [-0.15, -0.1) is 0 Å². The van der Waals surface area contributed by atoms with Gasteiger partial charge in [-0.3, -0.25) is 19.7 Å². The van der Waals surface area contributed by atoms with Crippen molar-refractivity contribution in [1.82, 2.24) is 25.3 Å². The number of benzene rings is 1. The minimum atomic E-state index is -0.438. The van der Waals surface area contributed by atoms with E-state index in [1.807, 2.05) is 0 Å². The maximum atomic E-state index is 14.0. The molecule has 12 heteroatoms. The summed E-state index contributed by atoms with van der Waals surface area (Å²) in [5.74, 6) is -0.493. The van der Waals surface area contributed by atoms with Crippen molar-refractivity contribution in [3.63, 3.8) is 0 Å². The van der Waals surface area contributed by atoms with Gasteiger partial charge in [-0.05, 0) is 18.2 Å². The van der Waals surface area contributed by atoms with Crippen LogP contribution in [0.25, 0.3) is 5.70 Å². The molecule has 11 nitrogen and oxygen atoms in total. The lowest BCUT2D eigenvalue weighted by Crippen LogP contribution is -2.19. The Morgan fingerprint density at radius 2 is 2.09 bits per heavy atom. The number of hydrogen-bond donors (Lipinski definition) is 4. The van der Waals surface area contributed by atoms with Crippen LogP contribution in [0.15, 0.2) is 75.4 Å². The molecule has 172 valence electrons. The molecule has 0 saturated carbocycles. The normalized spacial score (nSPS) is 12.0. The summed E-state index contributed by atoms with van der Waals surface area (Å²) in [5.41, 5.74) is 7.36. The summed E-state index contributed by atoms with van der Waals surface area (Å²) in [5, 5.41) is 11.4. The third-order valence-corrected chi connectivity index (χ3v) is 4.63. The molecule has 3 heterocycles. The molecular formula is C22H19FN8O3. The third kappa shape index (κ3) is 5.48. The van der Waals surface area contributed by atoms with Gasteiger partial charge in [0.1, 0.15) is 23.6 Å². The lowest BCUT2D eigenvalue weighted by atomic mass is 10.2. The highest BCUT2D eigenvalue weighted by atomic mass is 19.1. The maximum Gasteiger partial charge on any atom is 0.267 e. The van der Waals surface area contributed by atoms with Crippen molar-refractivity contribution in [3.8, 4) is 0 Å². The van der Waals surface area contributed by atoms with Crippen LogP contribution in [-0.2, 0) is 17.8 Å². The molecule has 0 spiro atoms. The number of H-pyrrole nitrogens is 2. The van der Waals surface area contributed by atoms with Crippen LogP contribution < -0.4 is 16.6 Å². The molecule has 0 aliphatic heterocycles. The molecule has 4 aromatic rings. The van der Waals surface area contributed by atoms with Gasteiger partial charge in [-0.2, -0.15) is 0 Å². The Morgan fingerprint density at radius 1 is 1.24 bits per heavy atom. The Labute approximate surface area is 191 Å². The van der Waals surface area contributed by atoms with E-state index in [0.29, 0.717) is 17.0 Å². The molecule has 0 atom stereocenters. The lowest BCUT2D eigenvalue weighted by molar-refractivity contribution is -0.115. The van der Waals surface area contributed by atoms with E-state index >= 15 is 0 Å². The monoisotopic (exact) mass is 462 g/mol. The molecule has 0 radical (unpaired) electrons. The highest BCUT2D eigenvalue weighted by molar-refractivity contribution is 6.10. The molecule has 5 N–H and O–H groups in total. The fraction of sp³-hybridized carbons (Fsp3) is 0.0909. The number of aliphatic imine (C=N–C) groups is 1. The molecule has 0 aliphatic carbocycles. The van der Waals surface area contributed by atoms with E-state index < -0.39 is 5.91 Å². The molecule has 0 aliphatic rings. The number of rotatable bonds is 8. The van der Waals surface area contributed by atoms with Crippen molar-refractivity contribution >= 4 is 23.1 Å². The van der Waals surface area contributed by atoms with E-state index in [9.17, 15) is 14.0 Å². The lowest BCUT2D eigenvalue weighted by Gasteiger charge is -2.06. The Kier molecular flexibility index (Phi) is 6.68.